The molecule has 1 atom stereocenters. The van der Waals surface area contributed by atoms with E-state index in [1.54, 1.807) is 21.0 Å². The first-order valence-corrected chi connectivity index (χ1v) is 5.51. The Morgan fingerprint density at radius 2 is 2.22 bits per heavy atom. The minimum absolute atomic E-state index is 0.0940. The van der Waals surface area contributed by atoms with E-state index in [1.165, 1.54) is 23.1 Å². The molecule has 2 rings (SSSR count). The number of carbonyl (C=O) groups excluding carboxylic acids is 1. The first-order chi connectivity index (χ1) is 8.47. The molecule has 2 aromatic rings. The molecular formula is C12H14FN3O2. The number of halogens is 1. The number of anilines is 1. The van der Waals surface area contributed by atoms with Crippen LogP contribution in [0, 0.1) is 5.82 Å². The summed E-state index contributed by atoms with van der Waals surface area (Å²) in [5.41, 5.74) is 0.894. The standard InChI is InChI=1S/C12H14FN3O2/c1-7(11(17)16(2)3)14-12-15-9-6-8(13)4-5-10(9)18-12/h4-7H,1-3H3,(H,14,15)/t7-/m0/s1. The molecule has 5 nitrogen and oxygen atoms in total. The van der Waals surface area contributed by atoms with Crippen molar-refractivity contribution in [2.45, 2.75) is 13.0 Å². The summed E-state index contributed by atoms with van der Waals surface area (Å²) in [6.07, 6.45) is 0. The maximum absolute atomic E-state index is 13.0. The van der Waals surface area contributed by atoms with Gasteiger partial charge < -0.3 is 14.6 Å². The number of oxazole rings is 1. The molecule has 1 amide bonds. The van der Waals surface area contributed by atoms with Crippen molar-refractivity contribution in [1.29, 1.82) is 0 Å². The van der Waals surface area contributed by atoms with Gasteiger partial charge in [-0.2, -0.15) is 4.98 Å². The highest BCUT2D eigenvalue weighted by Gasteiger charge is 2.17. The highest BCUT2D eigenvalue weighted by atomic mass is 19.1. The summed E-state index contributed by atoms with van der Waals surface area (Å²) in [6, 6.07) is 3.83. The van der Waals surface area contributed by atoms with E-state index in [0.29, 0.717) is 11.1 Å². The van der Waals surface area contributed by atoms with Crippen LogP contribution in [-0.2, 0) is 4.79 Å². The van der Waals surface area contributed by atoms with Gasteiger partial charge >= 0.3 is 0 Å². The summed E-state index contributed by atoms with van der Waals surface area (Å²) in [6.45, 7) is 1.71. The third-order valence-corrected chi connectivity index (χ3v) is 2.50. The van der Waals surface area contributed by atoms with Crippen LogP contribution < -0.4 is 5.32 Å². The van der Waals surface area contributed by atoms with E-state index in [0.717, 1.165) is 0 Å². The van der Waals surface area contributed by atoms with E-state index < -0.39 is 6.04 Å². The van der Waals surface area contributed by atoms with E-state index in [-0.39, 0.29) is 17.7 Å². The number of hydrogen-bond acceptors (Lipinski definition) is 4. The van der Waals surface area contributed by atoms with Gasteiger partial charge in [0, 0.05) is 20.2 Å². The Morgan fingerprint density at radius 3 is 2.89 bits per heavy atom. The van der Waals surface area contributed by atoms with Crippen LogP contribution >= 0.6 is 0 Å². The lowest BCUT2D eigenvalue weighted by atomic mass is 10.3. The van der Waals surface area contributed by atoms with Gasteiger partial charge in [0.05, 0.1) is 0 Å². The second kappa shape index (κ2) is 4.64. The smallest absolute Gasteiger partial charge is 0.296 e. The summed E-state index contributed by atoms with van der Waals surface area (Å²) >= 11 is 0. The zero-order valence-corrected chi connectivity index (χ0v) is 10.4. The van der Waals surface area contributed by atoms with Gasteiger partial charge in [0.1, 0.15) is 17.4 Å². The van der Waals surface area contributed by atoms with Crippen LogP contribution in [-0.4, -0.2) is 35.9 Å². The van der Waals surface area contributed by atoms with Crippen molar-refractivity contribution < 1.29 is 13.6 Å². The largest absolute Gasteiger partial charge is 0.424 e. The number of carbonyl (C=O) groups is 1. The molecule has 0 aliphatic rings. The number of nitrogens with one attached hydrogen (secondary N) is 1. The van der Waals surface area contributed by atoms with Gasteiger partial charge in [-0.15, -0.1) is 0 Å². The number of fused-ring (bicyclic) bond motifs is 1. The number of amides is 1. The number of aromatic nitrogens is 1. The molecule has 0 spiro atoms. The average molecular weight is 251 g/mol. The Kier molecular flexibility index (Phi) is 3.18. The average Bonchev–Trinajstić information content (AvgIpc) is 2.68. The molecule has 1 aromatic heterocycles. The Morgan fingerprint density at radius 1 is 1.50 bits per heavy atom. The molecule has 0 fully saturated rings. The van der Waals surface area contributed by atoms with Crippen LogP contribution in [0.3, 0.4) is 0 Å². The van der Waals surface area contributed by atoms with Gasteiger partial charge in [-0.3, -0.25) is 4.79 Å². The van der Waals surface area contributed by atoms with Gasteiger partial charge in [0.25, 0.3) is 6.01 Å². The number of benzene rings is 1. The monoisotopic (exact) mass is 251 g/mol. The lowest BCUT2D eigenvalue weighted by molar-refractivity contribution is -0.129. The molecule has 96 valence electrons. The minimum atomic E-state index is -0.460. The van der Waals surface area contributed by atoms with Gasteiger partial charge in [0.15, 0.2) is 5.58 Å². The van der Waals surface area contributed by atoms with Gasteiger partial charge in [-0.1, -0.05) is 0 Å². The van der Waals surface area contributed by atoms with Crippen molar-refractivity contribution in [3.05, 3.63) is 24.0 Å². The first kappa shape index (κ1) is 12.3. The molecule has 0 saturated heterocycles. The highest BCUT2D eigenvalue weighted by Crippen LogP contribution is 2.20. The molecule has 1 heterocycles. The van der Waals surface area contributed by atoms with Crippen LogP contribution in [0.5, 0.6) is 0 Å². The molecule has 0 unspecified atom stereocenters. The zero-order chi connectivity index (χ0) is 13.3. The van der Waals surface area contributed by atoms with E-state index in [4.69, 9.17) is 4.42 Å². The van der Waals surface area contributed by atoms with Crippen LogP contribution in [0.1, 0.15) is 6.92 Å². The number of likely N-dealkylation sites (N-methyl/N-ethyl adjacent to an activating group) is 1. The molecule has 0 aliphatic carbocycles. The third kappa shape index (κ3) is 2.42. The maximum Gasteiger partial charge on any atom is 0.296 e. The Balaban J connectivity index is 2.19. The second-order valence-corrected chi connectivity index (χ2v) is 4.23. The van der Waals surface area contributed by atoms with Crippen LogP contribution in [0.4, 0.5) is 10.4 Å². The summed E-state index contributed by atoms with van der Waals surface area (Å²) < 4.78 is 18.3. The quantitative estimate of drug-likeness (QED) is 0.904. The zero-order valence-electron chi connectivity index (χ0n) is 10.4. The van der Waals surface area contributed by atoms with Crippen LogP contribution in [0.15, 0.2) is 22.6 Å². The SMILES string of the molecule is C[C@H](Nc1nc2cc(F)ccc2o1)C(=O)N(C)C. The van der Waals surface area contributed by atoms with E-state index in [1.807, 2.05) is 0 Å². The Bertz CT molecular complexity index is 580. The Hall–Kier alpha value is -2.11. The van der Waals surface area contributed by atoms with Gasteiger partial charge in [0.2, 0.25) is 5.91 Å². The van der Waals surface area contributed by atoms with Crippen molar-refractivity contribution in [2.24, 2.45) is 0 Å². The van der Waals surface area contributed by atoms with Crippen molar-refractivity contribution >= 4 is 23.0 Å². The molecule has 0 bridgehead atoms. The number of hydrogen-bond donors (Lipinski definition) is 1. The predicted molar refractivity (Wildman–Crippen MR) is 65.7 cm³/mol. The lowest BCUT2D eigenvalue weighted by Crippen LogP contribution is -2.36. The molecule has 6 heteroatoms. The van der Waals surface area contributed by atoms with Crippen molar-refractivity contribution in [1.82, 2.24) is 9.88 Å². The predicted octanol–water partition coefficient (Wildman–Crippen LogP) is 1.86. The first-order valence-electron chi connectivity index (χ1n) is 5.51. The second-order valence-electron chi connectivity index (χ2n) is 4.23. The molecule has 18 heavy (non-hydrogen) atoms. The summed E-state index contributed by atoms with van der Waals surface area (Å²) in [5, 5.41) is 2.84. The molecule has 1 aromatic carbocycles. The number of rotatable bonds is 3. The van der Waals surface area contributed by atoms with Crippen LogP contribution in [0.25, 0.3) is 11.1 Å². The minimum Gasteiger partial charge on any atom is -0.424 e. The highest BCUT2D eigenvalue weighted by molar-refractivity contribution is 5.83. The van der Waals surface area contributed by atoms with Crippen molar-refractivity contribution in [3.8, 4) is 0 Å². The van der Waals surface area contributed by atoms with Gasteiger partial charge in [-0.05, 0) is 19.1 Å². The summed E-state index contributed by atoms with van der Waals surface area (Å²) in [5.74, 6) is -0.469. The van der Waals surface area contributed by atoms with Crippen molar-refractivity contribution in [3.63, 3.8) is 0 Å². The topological polar surface area (TPSA) is 58.4 Å². The lowest BCUT2D eigenvalue weighted by Gasteiger charge is -2.16. The van der Waals surface area contributed by atoms with Gasteiger partial charge in [-0.25, -0.2) is 4.39 Å². The van der Waals surface area contributed by atoms with Crippen LogP contribution in [0.2, 0.25) is 0 Å². The number of nitrogens with zero attached hydrogens (tertiary/aromatic N) is 2. The van der Waals surface area contributed by atoms with E-state index >= 15 is 0 Å². The molecule has 0 saturated carbocycles. The fourth-order valence-corrected chi connectivity index (χ4v) is 1.60. The molecule has 1 N–H and O–H groups in total. The molecule has 0 radical (unpaired) electrons. The molecular weight excluding hydrogens is 237 g/mol. The fourth-order valence-electron chi connectivity index (χ4n) is 1.60. The van der Waals surface area contributed by atoms with E-state index in [2.05, 4.69) is 10.3 Å². The Labute approximate surface area is 104 Å². The third-order valence-electron chi connectivity index (χ3n) is 2.50. The van der Waals surface area contributed by atoms with Crippen molar-refractivity contribution in [2.75, 3.05) is 19.4 Å². The maximum atomic E-state index is 13.0. The normalized spacial score (nSPS) is 12.4. The fraction of sp³-hybridized carbons (Fsp3) is 0.333. The summed E-state index contributed by atoms with van der Waals surface area (Å²) in [4.78, 5) is 17.2. The molecule has 0 aliphatic heterocycles. The van der Waals surface area contributed by atoms with E-state index in [9.17, 15) is 9.18 Å². The summed E-state index contributed by atoms with van der Waals surface area (Å²) in [7, 11) is 3.34.